The molecule has 2 fully saturated rings. The van der Waals surface area contributed by atoms with Gasteiger partial charge in [0.25, 0.3) is 0 Å². The number of likely N-dealkylation sites (tertiary alicyclic amines) is 2. The maximum absolute atomic E-state index is 12.7. The molecule has 1 amide bonds. The fourth-order valence-corrected chi connectivity index (χ4v) is 4.18. The molecule has 0 atom stereocenters. The lowest BCUT2D eigenvalue weighted by Crippen LogP contribution is -2.51. The highest BCUT2D eigenvalue weighted by Crippen LogP contribution is 2.39. The Morgan fingerprint density at radius 1 is 1.12 bits per heavy atom. The lowest BCUT2D eigenvalue weighted by atomic mass is 9.72. The van der Waals surface area contributed by atoms with Gasteiger partial charge in [0.05, 0.1) is 13.0 Å². The Morgan fingerprint density at radius 3 is 2.58 bits per heavy atom. The first-order chi connectivity index (χ1) is 11.7. The number of carbonyl (C=O) groups is 1. The van der Waals surface area contributed by atoms with Crippen LogP contribution >= 0.6 is 0 Å². The summed E-state index contributed by atoms with van der Waals surface area (Å²) in [7, 11) is 1.77. The molecule has 2 aliphatic rings. The molecule has 2 saturated heterocycles. The first-order valence-electron chi connectivity index (χ1n) is 9.24. The molecule has 0 unspecified atom stereocenters. The minimum Gasteiger partial charge on any atom is -0.383 e. The molecular formula is C20H30N2O2. The maximum Gasteiger partial charge on any atom is 0.227 e. The van der Waals surface area contributed by atoms with E-state index in [4.69, 9.17) is 4.74 Å². The summed E-state index contributed by atoms with van der Waals surface area (Å²) in [6, 6.07) is 10.1. The highest BCUT2D eigenvalue weighted by atomic mass is 16.5. The second kappa shape index (κ2) is 8.13. The van der Waals surface area contributed by atoms with E-state index in [1.165, 1.54) is 19.3 Å². The van der Waals surface area contributed by atoms with Crippen molar-refractivity contribution >= 4 is 5.91 Å². The van der Waals surface area contributed by atoms with Gasteiger partial charge in [-0.1, -0.05) is 30.3 Å². The number of piperidine rings is 2. The van der Waals surface area contributed by atoms with Crippen molar-refractivity contribution in [2.45, 2.75) is 32.1 Å². The highest BCUT2D eigenvalue weighted by molar-refractivity contribution is 5.78. The van der Waals surface area contributed by atoms with E-state index in [-0.39, 0.29) is 0 Å². The van der Waals surface area contributed by atoms with Crippen molar-refractivity contribution in [3.05, 3.63) is 35.9 Å². The van der Waals surface area contributed by atoms with E-state index in [9.17, 15) is 4.79 Å². The van der Waals surface area contributed by atoms with E-state index in [0.29, 0.717) is 17.7 Å². The average molecular weight is 330 g/mol. The number of nitrogens with zero attached hydrogens (tertiary/aromatic N) is 2. The van der Waals surface area contributed by atoms with Crippen molar-refractivity contribution in [2.24, 2.45) is 5.41 Å². The molecule has 1 aromatic rings. The van der Waals surface area contributed by atoms with Gasteiger partial charge in [-0.05, 0) is 49.8 Å². The van der Waals surface area contributed by atoms with E-state index in [0.717, 1.165) is 51.3 Å². The van der Waals surface area contributed by atoms with E-state index < -0.39 is 0 Å². The zero-order valence-electron chi connectivity index (χ0n) is 14.9. The van der Waals surface area contributed by atoms with Crippen LogP contribution in [0.5, 0.6) is 0 Å². The fourth-order valence-electron chi connectivity index (χ4n) is 4.18. The molecule has 132 valence electrons. The molecule has 0 aliphatic carbocycles. The van der Waals surface area contributed by atoms with Crippen LogP contribution in [-0.4, -0.2) is 62.1 Å². The predicted molar refractivity (Wildman–Crippen MR) is 95.9 cm³/mol. The van der Waals surface area contributed by atoms with Crippen LogP contribution in [0.2, 0.25) is 0 Å². The third kappa shape index (κ3) is 4.37. The van der Waals surface area contributed by atoms with Gasteiger partial charge >= 0.3 is 0 Å². The van der Waals surface area contributed by atoms with Gasteiger partial charge < -0.3 is 14.5 Å². The summed E-state index contributed by atoms with van der Waals surface area (Å²) in [5, 5.41) is 0. The SMILES string of the molecule is COCCN1CCC2(CCCN(C(=O)Cc3ccccc3)C2)CC1. The van der Waals surface area contributed by atoms with Crippen molar-refractivity contribution < 1.29 is 9.53 Å². The standard InChI is InChI=1S/C20H30N2O2/c1-24-15-14-21-12-9-20(10-13-21)8-5-11-22(17-20)19(23)16-18-6-3-2-4-7-18/h2-4,6-7H,5,8-17H2,1H3. The van der Waals surface area contributed by atoms with Crippen LogP contribution in [0.3, 0.4) is 0 Å². The smallest absolute Gasteiger partial charge is 0.227 e. The number of amides is 1. The summed E-state index contributed by atoms with van der Waals surface area (Å²) in [4.78, 5) is 17.3. The van der Waals surface area contributed by atoms with Crippen LogP contribution < -0.4 is 0 Å². The van der Waals surface area contributed by atoms with Crippen LogP contribution in [0.15, 0.2) is 30.3 Å². The minimum absolute atomic E-state index is 0.294. The number of methoxy groups -OCH3 is 1. The topological polar surface area (TPSA) is 32.8 Å². The first kappa shape index (κ1) is 17.4. The summed E-state index contributed by atoms with van der Waals surface area (Å²) >= 11 is 0. The lowest BCUT2D eigenvalue weighted by molar-refractivity contribution is -0.135. The molecule has 2 heterocycles. The quantitative estimate of drug-likeness (QED) is 0.832. The largest absolute Gasteiger partial charge is 0.383 e. The molecule has 0 radical (unpaired) electrons. The molecule has 4 nitrogen and oxygen atoms in total. The zero-order valence-corrected chi connectivity index (χ0v) is 14.9. The zero-order chi connectivity index (χ0) is 16.8. The van der Waals surface area contributed by atoms with Crippen molar-refractivity contribution in [3.63, 3.8) is 0 Å². The second-order valence-corrected chi connectivity index (χ2v) is 7.42. The van der Waals surface area contributed by atoms with Crippen molar-refractivity contribution in [1.82, 2.24) is 9.80 Å². The average Bonchev–Trinajstić information content (AvgIpc) is 2.62. The minimum atomic E-state index is 0.294. The Kier molecular flexibility index (Phi) is 5.90. The van der Waals surface area contributed by atoms with Crippen LogP contribution in [0.25, 0.3) is 0 Å². The molecule has 1 aromatic carbocycles. The van der Waals surface area contributed by atoms with E-state index in [1.807, 2.05) is 30.3 Å². The van der Waals surface area contributed by atoms with E-state index in [1.54, 1.807) is 7.11 Å². The van der Waals surface area contributed by atoms with E-state index >= 15 is 0 Å². The van der Waals surface area contributed by atoms with Crippen LogP contribution in [0.1, 0.15) is 31.2 Å². The fraction of sp³-hybridized carbons (Fsp3) is 0.650. The molecule has 0 N–H and O–H groups in total. The van der Waals surface area contributed by atoms with Gasteiger partial charge in [0.2, 0.25) is 5.91 Å². The summed E-state index contributed by atoms with van der Waals surface area (Å²) in [6.07, 6.45) is 5.40. The molecule has 4 heteroatoms. The Labute approximate surface area is 145 Å². The number of hydrogen-bond acceptors (Lipinski definition) is 3. The Morgan fingerprint density at radius 2 is 1.88 bits per heavy atom. The van der Waals surface area contributed by atoms with Gasteiger partial charge in [-0.25, -0.2) is 0 Å². The summed E-state index contributed by atoms with van der Waals surface area (Å²) in [6.45, 7) is 6.02. The van der Waals surface area contributed by atoms with Crippen LogP contribution in [0, 0.1) is 5.41 Å². The molecule has 0 bridgehead atoms. The van der Waals surface area contributed by atoms with Gasteiger partial charge in [0, 0.05) is 26.7 Å². The normalized spacial score (nSPS) is 21.1. The van der Waals surface area contributed by atoms with Crippen molar-refractivity contribution in [3.8, 4) is 0 Å². The van der Waals surface area contributed by atoms with E-state index in [2.05, 4.69) is 9.80 Å². The number of rotatable bonds is 5. The third-order valence-corrected chi connectivity index (χ3v) is 5.74. The molecule has 24 heavy (non-hydrogen) atoms. The molecule has 0 aromatic heterocycles. The molecular weight excluding hydrogens is 300 g/mol. The Hall–Kier alpha value is -1.39. The van der Waals surface area contributed by atoms with Gasteiger partial charge in [-0.3, -0.25) is 4.79 Å². The van der Waals surface area contributed by atoms with Gasteiger partial charge in [0.1, 0.15) is 0 Å². The molecule has 1 spiro atoms. The van der Waals surface area contributed by atoms with Crippen molar-refractivity contribution in [1.29, 1.82) is 0 Å². The lowest BCUT2D eigenvalue weighted by Gasteiger charge is -2.47. The number of ether oxygens (including phenoxy) is 1. The van der Waals surface area contributed by atoms with Crippen LogP contribution in [-0.2, 0) is 16.0 Å². The maximum atomic E-state index is 12.7. The van der Waals surface area contributed by atoms with Gasteiger partial charge in [0.15, 0.2) is 0 Å². The second-order valence-electron chi connectivity index (χ2n) is 7.42. The number of carbonyl (C=O) groups excluding carboxylic acids is 1. The molecule has 2 aliphatic heterocycles. The Balaban J connectivity index is 1.54. The Bertz CT molecular complexity index is 524. The van der Waals surface area contributed by atoms with Crippen molar-refractivity contribution in [2.75, 3.05) is 46.4 Å². The third-order valence-electron chi connectivity index (χ3n) is 5.74. The summed E-state index contributed by atoms with van der Waals surface area (Å²) in [5.74, 6) is 0.294. The predicted octanol–water partition coefficient (Wildman–Crippen LogP) is 2.58. The van der Waals surface area contributed by atoms with Gasteiger partial charge in [-0.15, -0.1) is 0 Å². The summed E-state index contributed by atoms with van der Waals surface area (Å²) in [5.41, 5.74) is 1.48. The molecule has 0 saturated carbocycles. The first-order valence-corrected chi connectivity index (χ1v) is 9.24. The molecule has 3 rings (SSSR count). The van der Waals surface area contributed by atoms with Gasteiger partial charge in [-0.2, -0.15) is 0 Å². The number of benzene rings is 1. The number of hydrogen-bond donors (Lipinski definition) is 0. The monoisotopic (exact) mass is 330 g/mol. The summed E-state index contributed by atoms with van der Waals surface area (Å²) < 4.78 is 5.19. The van der Waals surface area contributed by atoms with Crippen LogP contribution in [0.4, 0.5) is 0 Å². The highest BCUT2D eigenvalue weighted by Gasteiger charge is 2.39.